The maximum Gasteiger partial charge on any atom is 0.264 e. The molecule has 8 heteroatoms. The lowest BCUT2D eigenvalue weighted by molar-refractivity contribution is -0.121. The fourth-order valence-electron chi connectivity index (χ4n) is 4.76. The molecule has 0 unspecified atom stereocenters. The molecule has 1 N–H and O–H groups in total. The molecule has 2 aliphatic rings. The average Bonchev–Trinajstić information content (AvgIpc) is 3.19. The van der Waals surface area contributed by atoms with Crippen molar-refractivity contribution in [2.24, 2.45) is 0 Å². The molecule has 3 aromatic rings. The topological polar surface area (TPSA) is 88.2 Å². The van der Waals surface area contributed by atoms with Crippen LogP contribution in [0.5, 0.6) is 11.5 Å². The van der Waals surface area contributed by atoms with Crippen LogP contribution >= 0.6 is 0 Å². The Morgan fingerprint density at radius 1 is 0.914 bits per heavy atom. The van der Waals surface area contributed by atoms with Crippen molar-refractivity contribution in [1.29, 1.82) is 0 Å². The molecule has 0 aliphatic carbocycles. The summed E-state index contributed by atoms with van der Waals surface area (Å²) in [5, 5.41) is 2.90. The summed E-state index contributed by atoms with van der Waals surface area (Å²) in [5.74, 6) is 0.0806. The van der Waals surface area contributed by atoms with Crippen molar-refractivity contribution >= 4 is 23.4 Å². The maximum absolute atomic E-state index is 13.7. The third-order valence-corrected chi connectivity index (χ3v) is 6.40. The second-order valence-electron chi connectivity index (χ2n) is 8.34. The number of carbonyl (C=O) groups excluding carboxylic acids is 3. The predicted molar refractivity (Wildman–Crippen MR) is 129 cm³/mol. The summed E-state index contributed by atoms with van der Waals surface area (Å²) < 4.78 is 10.9. The average molecular weight is 472 g/mol. The Hall–Kier alpha value is -4.33. The largest absolute Gasteiger partial charge is 0.493 e. The van der Waals surface area contributed by atoms with Gasteiger partial charge in [-0.15, -0.1) is 0 Å². The first kappa shape index (κ1) is 22.5. The first-order valence-electron chi connectivity index (χ1n) is 11.3. The molecule has 2 heterocycles. The van der Waals surface area contributed by atoms with Gasteiger partial charge in [0, 0.05) is 25.1 Å². The van der Waals surface area contributed by atoms with E-state index in [4.69, 9.17) is 9.47 Å². The standard InChI is InChI=1S/C27H25N3O5/c1-34-21-13-12-19-23(24(21)35-2)27(33)30-20-11-7-6-10-18(20)26(32)29(25(19)30)15-14-22(31)28-16-17-8-4-3-5-9-17/h3-13,25H,14-16H2,1-2H3,(H,28,31)/t25-/m0/s1. The molecule has 3 aromatic carbocycles. The highest BCUT2D eigenvalue weighted by molar-refractivity contribution is 6.18. The predicted octanol–water partition coefficient (Wildman–Crippen LogP) is 3.53. The number of benzene rings is 3. The summed E-state index contributed by atoms with van der Waals surface area (Å²) in [7, 11) is 2.99. The van der Waals surface area contributed by atoms with Gasteiger partial charge in [-0.25, -0.2) is 0 Å². The lowest BCUT2D eigenvalue weighted by atomic mass is 10.0. The molecular formula is C27H25N3O5. The first-order valence-corrected chi connectivity index (χ1v) is 11.3. The molecule has 0 saturated carbocycles. The molecular weight excluding hydrogens is 446 g/mol. The number of rotatable bonds is 7. The molecule has 3 amide bonds. The minimum Gasteiger partial charge on any atom is -0.493 e. The lowest BCUT2D eigenvalue weighted by Crippen LogP contribution is -2.49. The number of ether oxygens (including phenoxy) is 2. The van der Waals surface area contributed by atoms with Crippen LogP contribution in [0, 0.1) is 0 Å². The van der Waals surface area contributed by atoms with Crippen molar-refractivity contribution in [3.05, 3.63) is 89.0 Å². The third-order valence-electron chi connectivity index (χ3n) is 6.40. The zero-order valence-electron chi connectivity index (χ0n) is 19.5. The van der Waals surface area contributed by atoms with Gasteiger partial charge in [0.2, 0.25) is 5.91 Å². The number of nitrogens with one attached hydrogen (secondary N) is 1. The molecule has 8 nitrogen and oxygen atoms in total. The highest BCUT2D eigenvalue weighted by Gasteiger charge is 2.49. The molecule has 178 valence electrons. The number of hydrogen-bond donors (Lipinski definition) is 1. The summed E-state index contributed by atoms with van der Waals surface area (Å²) in [5.41, 5.74) is 2.95. The smallest absolute Gasteiger partial charge is 0.264 e. The zero-order chi connectivity index (χ0) is 24.5. The first-order chi connectivity index (χ1) is 17.0. The number of methoxy groups -OCH3 is 2. The second-order valence-corrected chi connectivity index (χ2v) is 8.34. The Labute approximate surface area is 203 Å². The molecule has 5 rings (SSSR count). The van der Waals surface area contributed by atoms with Gasteiger partial charge < -0.3 is 19.7 Å². The molecule has 0 saturated heterocycles. The number of carbonyl (C=O) groups is 3. The van der Waals surface area contributed by atoms with Crippen LogP contribution in [0.4, 0.5) is 5.69 Å². The van der Waals surface area contributed by atoms with E-state index in [1.807, 2.05) is 30.3 Å². The van der Waals surface area contributed by atoms with Crippen molar-refractivity contribution in [3.63, 3.8) is 0 Å². The molecule has 0 radical (unpaired) electrons. The molecule has 0 spiro atoms. The number of hydrogen-bond acceptors (Lipinski definition) is 5. The van der Waals surface area contributed by atoms with Gasteiger partial charge in [0.15, 0.2) is 11.5 Å². The fourth-order valence-corrected chi connectivity index (χ4v) is 4.76. The van der Waals surface area contributed by atoms with Gasteiger partial charge in [-0.05, 0) is 23.8 Å². The van der Waals surface area contributed by atoms with Gasteiger partial charge in [0.1, 0.15) is 6.17 Å². The Balaban J connectivity index is 1.46. The minimum absolute atomic E-state index is 0.0991. The maximum atomic E-state index is 13.7. The molecule has 0 bridgehead atoms. The monoisotopic (exact) mass is 471 g/mol. The molecule has 0 aromatic heterocycles. The van der Waals surface area contributed by atoms with Gasteiger partial charge in [0.05, 0.1) is 31.0 Å². The summed E-state index contributed by atoms with van der Waals surface area (Å²) in [4.78, 5) is 43.0. The number of para-hydroxylation sites is 1. The SMILES string of the molecule is COc1ccc2c(c1OC)C(=O)N1c3ccccc3C(=O)N(CCC(=O)NCc3ccccc3)[C@H]21. The van der Waals surface area contributed by atoms with E-state index in [0.29, 0.717) is 40.4 Å². The van der Waals surface area contributed by atoms with E-state index in [0.717, 1.165) is 5.56 Å². The van der Waals surface area contributed by atoms with Crippen LogP contribution < -0.4 is 19.7 Å². The quantitative estimate of drug-likeness (QED) is 0.570. The molecule has 35 heavy (non-hydrogen) atoms. The van der Waals surface area contributed by atoms with Gasteiger partial charge in [-0.2, -0.15) is 0 Å². The van der Waals surface area contributed by atoms with Crippen LogP contribution in [0.1, 0.15) is 44.4 Å². The number of amides is 3. The number of anilines is 1. The van der Waals surface area contributed by atoms with E-state index >= 15 is 0 Å². The fraction of sp³-hybridized carbons (Fsp3) is 0.222. The van der Waals surface area contributed by atoms with Gasteiger partial charge in [-0.3, -0.25) is 19.3 Å². The highest BCUT2D eigenvalue weighted by atomic mass is 16.5. The number of fused-ring (bicyclic) bond motifs is 5. The summed E-state index contributed by atoms with van der Waals surface area (Å²) in [6, 6.07) is 20.1. The van der Waals surface area contributed by atoms with Gasteiger partial charge >= 0.3 is 0 Å². The summed E-state index contributed by atoms with van der Waals surface area (Å²) in [6.07, 6.45) is -0.580. The van der Waals surface area contributed by atoms with E-state index in [9.17, 15) is 14.4 Å². The second kappa shape index (κ2) is 9.13. The Morgan fingerprint density at radius 2 is 1.66 bits per heavy atom. The van der Waals surface area contributed by atoms with Crippen LogP contribution in [0.15, 0.2) is 66.7 Å². The Morgan fingerprint density at radius 3 is 2.40 bits per heavy atom. The van der Waals surface area contributed by atoms with Crippen molar-refractivity contribution in [2.45, 2.75) is 19.1 Å². The van der Waals surface area contributed by atoms with Crippen LogP contribution in [0.3, 0.4) is 0 Å². The normalized spacial score (nSPS) is 15.9. The Bertz CT molecular complexity index is 1310. The van der Waals surface area contributed by atoms with Crippen LogP contribution in [0.2, 0.25) is 0 Å². The zero-order valence-corrected chi connectivity index (χ0v) is 19.5. The van der Waals surface area contributed by atoms with Crippen molar-refractivity contribution in [1.82, 2.24) is 10.2 Å². The minimum atomic E-state index is -0.679. The molecule has 1 atom stereocenters. The van der Waals surface area contributed by atoms with Crippen LogP contribution in [-0.2, 0) is 11.3 Å². The van der Waals surface area contributed by atoms with Crippen LogP contribution in [-0.4, -0.2) is 43.4 Å². The Kier molecular flexibility index (Phi) is 5.86. The number of nitrogens with zero attached hydrogens (tertiary/aromatic N) is 2. The van der Waals surface area contributed by atoms with Gasteiger partial charge in [-0.1, -0.05) is 48.5 Å². The van der Waals surface area contributed by atoms with Crippen molar-refractivity contribution < 1.29 is 23.9 Å². The van der Waals surface area contributed by atoms with E-state index < -0.39 is 6.17 Å². The van der Waals surface area contributed by atoms with Crippen molar-refractivity contribution in [2.75, 3.05) is 25.7 Å². The van der Waals surface area contributed by atoms with Crippen LogP contribution in [0.25, 0.3) is 0 Å². The highest BCUT2D eigenvalue weighted by Crippen LogP contribution is 2.49. The van der Waals surface area contributed by atoms with Gasteiger partial charge in [0.25, 0.3) is 11.8 Å². The third kappa shape index (κ3) is 3.77. The van der Waals surface area contributed by atoms with E-state index in [-0.39, 0.29) is 30.7 Å². The van der Waals surface area contributed by atoms with E-state index in [1.54, 1.807) is 46.2 Å². The van der Waals surface area contributed by atoms with E-state index in [2.05, 4.69) is 5.32 Å². The summed E-state index contributed by atoms with van der Waals surface area (Å²) in [6.45, 7) is 0.556. The lowest BCUT2D eigenvalue weighted by Gasteiger charge is -2.40. The van der Waals surface area contributed by atoms with E-state index in [1.165, 1.54) is 14.2 Å². The van der Waals surface area contributed by atoms with Crippen molar-refractivity contribution in [3.8, 4) is 11.5 Å². The summed E-state index contributed by atoms with van der Waals surface area (Å²) >= 11 is 0. The molecule has 2 aliphatic heterocycles. The molecule has 0 fully saturated rings.